The van der Waals surface area contributed by atoms with Gasteiger partial charge in [0.1, 0.15) is 11.3 Å². The predicted molar refractivity (Wildman–Crippen MR) is 74.1 cm³/mol. The summed E-state index contributed by atoms with van der Waals surface area (Å²) in [7, 11) is 0. The standard InChI is InChI=1S/C14H10N2O3S/c1-8-7-19-14(15-8)20-12-6-10(13(17)18)9-4-2-3-5-11(9)16-12/h2-7H,1H3,(H,17,18). The highest BCUT2D eigenvalue weighted by Crippen LogP contribution is 2.29. The molecule has 0 saturated heterocycles. The van der Waals surface area contributed by atoms with E-state index in [-0.39, 0.29) is 5.56 Å². The van der Waals surface area contributed by atoms with E-state index >= 15 is 0 Å². The van der Waals surface area contributed by atoms with Crippen molar-refractivity contribution >= 4 is 28.6 Å². The van der Waals surface area contributed by atoms with Crippen molar-refractivity contribution in [2.45, 2.75) is 17.2 Å². The third-order valence-electron chi connectivity index (χ3n) is 2.71. The van der Waals surface area contributed by atoms with Gasteiger partial charge in [-0.1, -0.05) is 18.2 Å². The predicted octanol–water partition coefficient (Wildman–Crippen LogP) is 3.38. The molecule has 0 atom stereocenters. The molecule has 2 heterocycles. The van der Waals surface area contributed by atoms with Gasteiger partial charge in [0.25, 0.3) is 5.22 Å². The zero-order valence-corrected chi connectivity index (χ0v) is 11.3. The number of aromatic carboxylic acids is 1. The van der Waals surface area contributed by atoms with Crippen LogP contribution in [0.5, 0.6) is 0 Å². The Morgan fingerprint density at radius 3 is 2.80 bits per heavy atom. The van der Waals surface area contributed by atoms with E-state index in [9.17, 15) is 9.90 Å². The number of carboxylic acid groups (broad SMARTS) is 1. The summed E-state index contributed by atoms with van der Waals surface area (Å²) >= 11 is 1.20. The zero-order chi connectivity index (χ0) is 14.1. The van der Waals surface area contributed by atoms with Gasteiger partial charge in [0.15, 0.2) is 0 Å². The molecular formula is C14H10N2O3S. The van der Waals surface area contributed by atoms with Crippen LogP contribution in [0.15, 0.2) is 51.3 Å². The van der Waals surface area contributed by atoms with Crippen LogP contribution in [0, 0.1) is 6.92 Å². The van der Waals surface area contributed by atoms with Crippen LogP contribution in [0.25, 0.3) is 10.9 Å². The van der Waals surface area contributed by atoms with Crippen LogP contribution in [-0.4, -0.2) is 21.0 Å². The highest BCUT2D eigenvalue weighted by atomic mass is 32.2. The number of oxazole rings is 1. The van der Waals surface area contributed by atoms with Crippen LogP contribution in [-0.2, 0) is 0 Å². The van der Waals surface area contributed by atoms with Gasteiger partial charge in [-0.3, -0.25) is 0 Å². The van der Waals surface area contributed by atoms with Crippen molar-refractivity contribution in [1.29, 1.82) is 0 Å². The molecule has 0 aliphatic rings. The molecule has 0 radical (unpaired) electrons. The molecule has 2 aromatic heterocycles. The number of benzene rings is 1. The molecule has 0 bridgehead atoms. The minimum atomic E-state index is -0.978. The van der Waals surface area contributed by atoms with Crippen LogP contribution >= 0.6 is 11.8 Å². The van der Waals surface area contributed by atoms with E-state index in [1.807, 2.05) is 13.0 Å². The van der Waals surface area contributed by atoms with Gasteiger partial charge in [-0.2, -0.15) is 0 Å². The van der Waals surface area contributed by atoms with Crippen molar-refractivity contribution in [1.82, 2.24) is 9.97 Å². The Morgan fingerprint density at radius 1 is 1.30 bits per heavy atom. The van der Waals surface area contributed by atoms with Crippen LogP contribution in [0.2, 0.25) is 0 Å². The largest absolute Gasteiger partial charge is 0.478 e. The normalized spacial score (nSPS) is 10.8. The van der Waals surface area contributed by atoms with Gasteiger partial charge < -0.3 is 9.52 Å². The number of nitrogens with zero attached hydrogens (tertiary/aromatic N) is 2. The maximum Gasteiger partial charge on any atom is 0.336 e. The molecule has 0 amide bonds. The summed E-state index contributed by atoms with van der Waals surface area (Å²) in [6, 6.07) is 8.68. The number of aryl methyl sites for hydroxylation is 1. The summed E-state index contributed by atoms with van der Waals surface area (Å²) in [5.74, 6) is -0.978. The highest BCUT2D eigenvalue weighted by molar-refractivity contribution is 7.99. The lowest BCUT2D eigenvalue weighted by molar-refractivity contribution is 0.0698. The van der Waals surface area contributed by atoms with Crippen molar-refractivity contribution < 1.29 is 14.3 Å². The maximum atomic E-state index is 11.3. The van der Waals surface area contributed by atoms with E-state index in [2.05, 4.69) is 9.97 Å². The van der Waals surface area contributed by atoms with E-state index < -0.39 is 5.97 Å². The molecule has 5 nitrogen and oxygen atoms in total. The molecule has 0 unspecified atom stereocenters. The van der Waals surface area contributed by atoms with Gasteiger partial charge >= 0.3 is 5.97 Å². The topological polar surface area (TPSA) is 76.2 Å². The fourth-order valence-electron chi connectivity index (χ4n) is 1.85. The Kier molecular flexibility index (Phi) is 3.15. The third-order valence-corrected chi connectivity index (χ3v) is 3.49. The van der Waals surface area contributed by atoms with Gasteiger partial charge in [0.05, 0.1) is 16.8 Å². The molecule has 0 aliphatic heterocycles. The van der Waals surface area contributed by atoms with Crippen LogP contribution < -0.4 is 0 Å². The summed E-state index contributed by atoms with van der Waals surface area (Å²) in [5.41, 5.74) is 1.63. The van der Waals surface area contributed by atoms with E-state index in [0.29, 0.717) is 21.2 Å². The third kappa shape index (κ3) is 2.37. The van der Waals surface area contributed by atoms with E-state index in [1.165, 1.54) is 17.8 Å². The van der Waals surface area contributed by atoms with Crippen molar-refractivity contribution in [2.75, 3.05) is 0 Å². The zero-order valence-electron chi connectivity index (χ0n) is 10.5. The molecule has 0 fully saturated rings. The second-order valence-electron chi connectivity index (χ2n) is 4.19. The number of carboxylic acids is 1. The second-order valence-corrected chi connectivity index (χ2v) is 5.16. The van der Waals surface area contributed by atoms with E-state index in [4.69, 9.17) is 4.42 Å². The Hall–Kier alpha value is -2.34. The molecule has 0 spiro atoms. The van der Waals surface area contributed by atoms with Gasteiger partial charge in [0.2, 0.25) is 0 Å². The monoisotopic (exact) mass is 286 g/mol. The Bertz CT molecular complexity index is 798. The molecule has 6 heteroatoms. The maximum absolute atomic E-state index is 11.3. The fourth-order valence-corrected chi connectivity index (χ4v) is 2.63. The SMILES string of the molecule is Cc1coc(Sc2cc(C(=O)O)c3ccccc3n2)n1. The van der Waals surface area contributed by atoms with Crippen LogP contribution in [0.3, 0.4) is 0 Å². The van der Waals surface area contributed by atoms with Crippen LogP contribution in [0.1, 0.15) is 16.1 Å². The lowest BCUT2D eigenvalue weighted by atomic mass is 10.1. The molecule has 20 heavy (non-hydrogen) atoms. The van der Waals surface area contributed by atoms with Crippen molar-refractivity contribution in [3.63, 3.8) is 0 Å². The molecule has 0 aliphatic carbocycles. The molecular weight excluding hydrogens is 276 g/mol. The summed E-state index contributed by atoms with van der Waals surface area (Å²) < 4.78 is 5.25. The van der Waals surface area contributed by atoms with Crippen molar-refractivity contribution in [3.05, 3.63) is 47.9 Å². The average Bonchev–Trinajstić information content (AvgIpc) is 2.83. The van der Waals surface area contributed by atoms with Gasteiger partial charge in [-0.05, 0) is 30.8 Å². The molecule has 0 saturated carbocycles. The van der Waals surface area contributed by atoms with Crippen LogP contribution in [0.4, 0.5) is 0 Å². The number of carbonyl (C=O) groups is 1. The second kappa shape index (κ2) is 4.97. The first kappa shape index (κ1) is 12.7. The average molecular weight is 286 g/mol. The molecule has 1 aromatic carbocycles. The molecule has 1 N–H and O–H groups in total. The van der Waals surface area contributed by atoms with Crippen molar-refractivity contribution in [2.24, 2.45) is 0 Å². The minimum Gasteiger partial charge on any atom is -0.478 e. The minimum absolute atomic E-state index is 0.223. The number of para-hydroxylation sites is 1. The summed E-state index contributed by atoms with van der Waals surface area (Å²) in [4.78, 5) is 19.9. The number of aromatic nitrogens is 2. The lowest BCUT2D eigenvalue weighted by Gasteiger charge is -2.04. The first-order valence-corrected chi connectivity index (χ1v) is 6.68. The number of hydrogen-bond acceptors (Lipinski definition) is 5. The van der Waals surface area contributed by atoms with E-state index in [1.54, 1.807) is 24.5 Å². The summed E-state index contributed by atoms with van der Waals surface area (Å²) in [5, 5.41) is 10.9. The Balaban J connectivity index is 2.10. The first-order chi connectivity index (χ1) is 9.63. The Morgan fingerprint density at radius 2 is 2.10 bits per heavy atom. The summed E-state index contributed by atoms with van der Waals surface area (Å²) in [6.07, 6.45) is 1.54. The molecule has 3 aromatic rings. The quantitative estimate of drug-likeness (QED) is 0.795. The first-order valence-electron chi connectivity index (χ1n) is 5.86. The van der Waals surface area contributed by atoms with Gasteiger partial charge in [-0.15, -0.1) is 0 Å². The fraction of sp³-hybridized carbons (Fsp3) is 0.0714. The summed E-state index contributed by atoms with van der Waals surface area (Å²) in [6.45, 7) is 1.82. The number of pyridine rings is 1. The molecule has 100 valence electrons. The molecule has 3 rings (SSSR count). The number of fused-ring (bicyclic) bond motifs is 1. The number of rotatable bonds is 3. The lowest BCUT2D eigenvalue weighted by Crippen LogP contribution is -1.99. The van der Waals surface area contributed by atoms with E-state index in [0.717, 1.165) is 5.69 Å². The Labute approximate surface area is 118 Å². The number of hydrogen-bond donors (Lipinski definition) is 1. The van der Waals surface area contributed by atoms with Gasteiger partial charge in [-0.25, -0.2) is 14.8 Å². The van der Waals surface area contributed by atoms with Gasteiger partial charge in [0, 0.05) is 5.39 Å². The smallest absolute Gasteiger partial charge is 0.336 e. The highest BCUT2D eigenvalue weighted by Gasteiger charge is 2.13. The van der Waals surface area contributed by atoms with Crippen molar-refractivity contribution in [3.8, 4) is 0 Å².